The van der Waals surface area contributed by atoms with Gasteiger partial charge in [-0.2, -0.15) is 0 Å². The molecule has 0 radical (unpaired) electrons. The first-order valence-electron chi connectivity index (χ1n) is 11.1. The number of benzene rings is 4. The van der Waals surface area contributed by atoms with E-state index in [9.17, 15) is 9.59 Å². The molecule has 0 aliphatic carbocycles. The Kier molecular flexibility index (Phi) is 6.60. The molecule has 0 bridgehead atoms. The molecule has 0 aromatic heterocycles. The third kappa shape index (κ3) is 4.48. The van der Waals surface area contributed by atoms with Crippen molar-refractivity contribution in [1.82, 2.24) is 0 Å². The van der Waals surface area contributed by atoms with Crippen molar-refractivity contribution in [1.29, 1.82) is 0 Å². The average molecular weight is 451 g/mol. The van der Waals surface area contributed by atoms with Crippen molar-refractivity contribution in [3.8, 4) is 5.75 Å². The molecule has 0 saturated carbocycles. The van der Waals surface area contributed by atoms with Gasteiger partial charge in [0.1, 0.15) is 5.75 Å². The first kappa shape index (κ1) is 23.0. The van der Waals surface area contributed by atoms with Gasteiger partial charge in [-0.05, 0) is 54.8 Å². The van der Waals surface area contributed by atoms with Crippen LogP contribution in [-0.4, -0.2) is 19.0 Å². The van der Waals surface area contributed by atoms with Gasteiger partial charge < -0.3 is 9.47 Å². The molecule has 4 aromatic carbocycles. The summed E-state index contributed by atoms with van der Waals surface area (Å²) in [7, 11) is 1.28. The van der Waals surface area contributed by atoms with Gasteiger partial charge in [-0.3, -0.25) is 0 Å². The quantitative estimate of drug-likeness (QED) is 0.195. The maximum Gasteiger partial charge on any atom is 0.344 e. The number of methoxy groups -OCH3 is 1. The number of esters is 2. The van der Waals surface area contributed by atoms with Crippen molar-refractivity contribution in [3.05, 3.63) is 137 Å². The highest BCUT2D eigenvalue weighted by Gasteiger charge is 2.31. The second-order valence-corrected chi connectivity index (χ2v) is 8.31. The van der Waals surface area contributed by atoms with E-state index in [0.29, 0.717) is 5.75 Å². The fraction of sp³-hybridized carbons (Fsp3) is 0.133. The summed E-state index contributed by atoms with van der Waals surface area (Å²) in [5.74, 6) is -0.800. The van der Waals surface area contributed by atoms with Crippen LogP contribution in [-0.2, 0) is 10.2 Å². The zero-order chi connectivity index (χ0) is 24.1. The van der Waals surface area contributed by atoms with Gasteiger partial charge in [0.05, 0.1) is 18.2 Å². The summed E-state index contributed by atoms with van der Waals surface area (Å²) in [5, 5.41) is 0. The molecular formula is C30H26O4. The van der Waals surface area contributed by atoms with E-state index in [-0.39, 0.29) is 11.1 Å². The average Bonchev–Trinajstić information content (AvgIpc) is 2.89. The van der Waals surface area contributed by atoms with E-state index in [1.165, 1.54) is 18.2 Å². The first-order valence-corrected chi connectivity index (χ1v) is 11.1. The molecule has 0 aliphatic heterocycles. The molecule has 4 rings (SSSR count). The van der Waals surface area contributed by atoms with Gasteiger partial charge in [-0.15, -0.1) is 0 Å². The molecule has 0 saturated heterocycles. The summed E-state index contributed by atoms with van der Waals surface area (Å²) >= 11 is 0. The molecule has 34 heavy (non-hydrogen) atoms. The highest BCUT2D eigenvalue weighted by Crippen LogP contribution is 2.39. The summed E-state index contributed by atoms with van der Waals surface area (Å²) in [6.45, 7) is 4.27. The van der Waals surface area contributed by atoms with Gasteiger partial charge in [0.25, 0.3) is 0 Å². The molecule has 0 amide bonds. The third-order valence-corrected chi connectivity index (χ3v) is 6.17. The van der Waals surface area contributed by atoms with E-state index >= 15 is 0 Å². The Balaban J connectivity index is 1.66. The molecule has 4 aromatic rings. The lowest BCUT2D eigenvalue weighted by molar-refractivity contribution is 0.0587. The minimum Gasteiger partial charge on any atom is -0.465 e. The van der Waals surface area contributed by atoms with Crippen LogP contribution in [0.15, 0.2) is 103 Å². The van der Waals surface area contributed by atoms with E-state index < -0.39 is 17.4 Å². The number of hydrogen-bond donors (Lipinski definition) is 0. The smallest absolute Gasteiger partial charge is 0.344 e. The molecule has 1 unspecified atom stereocenters. The predicted octanol–water partition coefficient (Wildman–Crippen LogP) is 6.36. The number of rotatable bonds is 6. The Morgan fingerprint density at radius 1 is 0.618 bits per heavy atom. The molecule has 4 heteroatoms. The van der Waals surface area contributed by atoms with Crippen molar-refractivity contribution in [2.24, 2.45) is 0 Å². The van der Waals surface area contributed by atoms with Crippen LogP contribution in [0.1, 0.15) is 49.9 Å². The van der Waals surface area contributed by atoms with Crippen LogP contribution in [0, 0.1) is 6.92 Å². The number of ether oxygens (including phenoxy) is 2. The minimum absolute atomic E-state index is 0.159. The normalized spacial score (nSPS) is 12.4. The molecule has 0 fully saturated rings. The van der Waals surface area contributed by atoms with Crippen LogP contribution in [0.25, 0.3) is 0 Å². The number of carbonyl (C=O) groups is 2. The lowest BCUT2D eigenvalue weighted by atomic mass is 9.71. The second kappa shape index (κ2) is 9.75. The van der Waals surface area contributed by atoms with Gasteiger partial charge in [-0.1, -0.05) is 84.4 Å². The molecule has 0 N–H and O–H groups in total. The molecule has 0 spiro atoms. The maximum absolute atomic E-state index is 12.8. The van der Waals surface area contributed by atoms with Crippen LogP contribution in [0.4, 0.5) is 0 Å². The molecule has 4 nitrogen and oxygen atoms in total. The Morgan fingerprint density at radius 2 is 1.09 bits per heavy atom. The molecule has 0 aliphatic rings. The fourth-order valence-electron chi connectivity index (χ4n) is 4.13. The monoisotopic (exact) mass is 450 g/mol. The summed E-state index contributed by atoms with van der Waals surface area (Å²) < 4.78 is 10.4. The van der Waals surface area contributed by atoms with E-state index in [1.54, 1.807) is 36.4 Å². The zero-order valence-corrected chi connectivity index (χ0v) is 19.4. The minimum atomic E-state index is -0.613. The Labute approximate surface area is 199 Å². The highest BCUT2D eigenvalue weighted by molar-refractivity contribution is 6.03. The molecule has 170 valence electrons. The van der Waals surface area contributed by atoms with Crippen LogP contribution >= 0.6 is 0 Å². The third-order valence-electron chi connectivity index (χ3n) is 6.17. The van der Waals surface area contributed by atoms with Crippen LogP contribution < -0.4 is 4.74 Å². The summed E-state index contributed by atoms with van der Waals surface area (Å²) in [5.41, 5.74) is 4.53. The zero-order valence-electron chi connectivity index (χ0n) is 19.4. The summed E-state index contributed by atoms with van der Waals surface area (Å²) in [4.78, 5) is 24.8. The number of aryl methyl sites for hydroxylation is 1. The Hall–Kier alpha value is -4.18. The maximum atomic E-state index is 12.8. The van der Waals surface area contributed by atoms with Gasteiger partial charge in [0.2, 0.25) is 0 Å². The lowest BCUT2D eigenvalue weighted by Gasteiger charge is -2.32. The van der Waals surface area contributed by atoms with Crippen molar-refractivity contribution in [3.63, 3.8) is 0 Å². The van der Waals surface area contributed by atoms with Gasteiger partial charge >= 0.3 is 11.9 Å². The largest absolute Gasteiger partial charge is 0.465 e. The summed E-state index contributed by atoms with van der Waals surface area (Å²) in [6, 6.07) is 32.8. The summed E-state index contributed by atoms with van der Waals surface area (Å²) in [6.07, 6.45) is 0. The predicted molar refractivity (Wildman–Crippen MR) is 132 cm³/mol. The highest BCUT2D eigenvalue weighted by atomic mass is 16.5. The van der Waals surface area contributed by atoms with E-state index in [0.717, 1.165) is 11.1 Å². The Bertz CT molecular complexity index is 1290. The van der Waals surface area contributed by atoms with E-state index in [1.807, 2.05) is 30.3 Å². The Morgan fingerprint density at radius 3 is 1.65 bits per heavy atom. The molecular weight excluding hydrogens is 424 g/mol. The van der Waals surface area contributed by atoms with Crippen LogP contribution in [0.5, 0.6) is 5.75 Å². The van der Waals surface area contributed by atoms with Crippen molar-refractivity contribution >= 4 is 11.9 Å². The lowest BCUT2D eigenvalue weighted by Crippen LogP contribution is -2.25. The molecule has 1 atom stereocenters. The van der Waals surface area contributed by atoms with Crippen molar-refractivity contribution in [2.45, 2.75) is 19.3 Å². The van der Waals surface area contributed by atoms with Gasteiger partial charge in [-0.25, -0.2) is 9.59 Å². The van der Waals surface area contributed by atoms with Crippen molar-refractivity contribution < 1.29 is 19.1 Å². The number of hydrogen-bond acceptors (Lipinski definition) is 4. The SMILES string of the molecule is COC(=O)c1ccccc1C(=O)Oc1ccc(C(C)(c2ccccc2)c2ccc(C)cc2)cc1. The standard InChI is InChI=1S/C30H26O4/c1-21-13-15-23(16-14-21)30(2,22-9-5-4-6-10-22)24-17-19-25(20-18-24)34-29(32)27-12-8-7-11-26(27)28(31)33-3/h4-20H,1-3H3. The number of carbonyl (C=O) groups excluding carboxylic acids is 2. The first-order chi connectivity index (χ1) is 16.4. The molecule has 0 heterocycles. The van der Waals surface area contributed by atoms with Gasteiger partial charge in [0, 0.05) is 5.41 Å². The topological polar surface area (TPSA) is 52.6 Å². The van der Waals surface area contributed by atoms with Crippen molar-refractivity contribution in [2.75, 3.05) is 7.11 Å². The van der Waals surface area contributed by atoms with Crippen LogP contribution in [0.2, 0.25) is 0 Å². The van der Waals surface area contributed by atoms with Gasteiger partial charge in [0.15, 0.2) is 0 Å². The van der Waals surface area contributed by atoms with E-state index in [4.69, 9.17) is 9.47 Å². The van der Waals surface area contributed by atoms with Crippen LogP contribution in [0.3, 0.4) is 0 Å². The fourth-order valence-corrected chi connectivity index (χ4v) is 4.13. The van der Waals surface area contributed by atoms with E-state index in [2.05, 4.69) is 50.2 Å². The second-order valence-electron chi connectivity index (χ2n) is 8.31.